The van der Waals surface area contributed by atoms with Crippen molar-refractivity contribution in [2.45, 2.75) is 37.3 Å². The molecular weight excluding hydrogens is 463 g/mol. The Morgan fingerprint density at radius 2 is 1.62 bits per heavy atom. The molecule has 3 rings (SSSR count). The smallest absolute Gasteiger partial charge is 0.257 e. The van der Waals surface area contributed by atoms with Crippen LogP contribution in [0.15, 0.2) is 65.6 Å². The van der Waals surface area contributed by atoms with Gasteiger partial charge < -0.3 is 10.6 Å². The van der Waals surface area contributed by atoms with Crippen LogP contribution < -0.4 is 10.6 Å². The third-order valence-corrected chi connectivity index (χ3v) is 6.84. The van der Waals surface area contributed by atoms with Crippen LogP contribution in [-0.4, -0.2) is 17.1 Å². The highest BCUT2D eigenvalue weighted by Crippen LogP contribution is 2.30. The monoisotopic (exact) mass is 486 g/mol. The Balaban J connectivity index is 1.71. The van der Waals surface area contributed by atoms with Gasteiger partial charge in [0.2, 0.25) is 5.91 Å². The maximum absolute atomic E-state index is 12.9. The lowest BCUT2D eigenvalue weighted by atomic mass is 10.1. The van der Waals surface area contributed by atoms with Gasteiger partial charge in [0, 0.05) is 21.3 Å². The van der Waals surface area contributed by atoms with E-state index in [1.54, 1.807) is 18.2 Å². The highest BCUT2D eigenvalue weighted by Gasteiger charge is 2.20. The van der Waals surface area contributed by atoms with Crippen molar-refractivity contribution in [2.75, 3.05) is 10.6 Å². The Labute approximate surface area is 202 Å². The van der Waals surface area contributed by atoms with Gasteiger partial charge in [-0.3, -0.25) is 9.59 Å². The van der Waals surface area contributed by atoms with Gasteiger partial charge in [0.05, 0.1) is 15.8 Å². The minimum atomic E-state index is -0.325. The molecule has 0 aliphatic carbocycles. The number of hydrogen-bond donors (Lipinski definition) is 2. The maximum Gasteiger partial charge on any atom is 0.257 e. The van der Waals surface area contributed by atoms with Crippen LogP contribution in [0.2, 0.25) is 10.0 Å². The van der Waals surface area contributed by atoms with Crippen LogP contribution in [0.1, 0.15) is 34.8 Å². The van der Waals surface area contributed by atoms with Crippen molar-refractivity contribution in [3.63, 3.8) is 0 Å². The van der Waals surface area contributed by atoms with Crippen LogP contribution in [0, 0.1) is 13.8 Å². The molecule has 3 aromatic carbocycles. The lowest BCUT2D eigenvalue weighted by molar-refractivity contribution is -0.115. The van der Waals surface area contributed by atoms with E-state index in [0.29, 0.717) is 22.7 Å². The van der Waals surface area contributed by atoms with Crippen molar-refractivity contribution >= 4 is 58.2 Å². The van der Waals surface area contributed by atoms with E-state index in [0.717, 1.165) is 21.7 Å². The first-order chi connectivity index (χ1) is 15.3. The summed E-state index contributed by atoms with van der Waals surface area (Å²) in [6, 6.07) is 18.1. The minimum Gasteiger partial charge on any atom is -0.325 e. The van der Waals surface area contributed by atoms with E-state index in [9.17, 15) is 9.59 Å². The highest BCUT2D eigenvalue weighted by molar-refractivity contribution is 8.00. The van der Waals surface area contributed by atoms with Gasteiger partial charge >= 0.3 is 0 Å². The Morgan fingerprint density at radius 3 is 2.28 bits per heavy atom. The Morgan fingerprint density at radius 1 is 0.938 bits per heavy atom. The molecule has 0 aliphatic heterocycles. The standard InChI is InChI=1S/C25H24Cl2N2O2S/c1-4-22(25(31)29-23-15(2)7-5-8-16(23)3)32-19-10-6-9-18(14-19)28-24(30)20-12-11-17(26)13-21(20)27/h5-14,22H,4H2,1-3H3,(H,28,30)(H,29,31). The number of rotatable bonds is 7. The average molecular weight is 487 g/mol. The molecule has 0 heterocycles. The molecule has 0 aliphatic rings. The summed E-state index contributed by atoms with van der Waals surface area (Å²) in [7, 11) is 0. The molecule has 2 amide bonds. The van der Waals surface area contributed by atoms with Gasteiger partial charge in [-0.2, -0.15) is 0 Å². The van der Waals surface area contributed by atoms with Crippen molar-refractivity contribution in [1.29, 1.82) is 0 Å². The summed E-state index contributed by atoms with van der Waals surface area (Å²) in [5.74, 6) is -0.370. The summed E-state index contributed by atoms with van der Waals surface area (Å²) < 4.78 is 0. The number of benzene rings is 3. The van der Waals surface area contributed by atoms with E-state index in [2.05, 4.69) is 10.6 Å². The summed E-state index contributed by atoms with van der Waals surface area (Å²) in [5, 5.41) is 6.41. The summed E-state index contributed by atoms with van der Waals surface area (Å²) in [4.78, 5) is 26.4. The number of carbonyl (C=O) groups excluding carboxylic acids is 2. The Bertz CT molecular complexity index is 1130. The van der Waals surface area contributed by atoms with E-state index in [-0.39, 0.29) is 22.1 Å². The number of thioether (sulfide) groups is 1. The van der Waals surface area contributed by atoms with E-state index < -0.39 is 0 Å². The van der Waals surface area contributed by atoms with Gasteiger partial charge in [-0.25, -0.2) is 0 Å². The van der Waals surface area contributed by atoms with Crippen molar-refractivity contribution < 1.29 is 9.59 Å². The second-order valence-electron chi connectivity index (χ2n) is 7.38. The van der Waals surface area contributed by atoms with E-state index >= 15 is 0 Å². The zero-order valence-corrected chi connectivity index (χ0v) is 20.4. The largest absolute Gasteiger partial charge is 0.325 e. The first-order valence-electron chi connectivity index (χ1n) is 10.2. The van der Waals surface area contributed by atoms with Crippen LogP contribution in [0.4, 0.5) is 11.4 Å². The maximum atomic E-state index is 12.9. The van der Waals surface area contributed by atoms with Crippen LogP contribution in [0.25, 0.3) is 0 Å². The highest BCUT2D eigenvalue weighted by atomic mass is 35.5. The molecule has 0 aromatic heterocycles. The number of nitrogens with one attached hydrogen (secondary N) is 2. The second kappa shape index (κ2) is 10.9. The predicted octanol–water partition coefficient (Wildman–Crippen LogP) is 7.37. The zero-order chi connectivity index (χ0) is 23.3. The quantitative estimate of drug-likeness (QED) is 0.342. The zero-order valence-electron chi connectivity index (χ0n) is 18.0. The number of halogens is 2. The van der Waals surface area contributed by atoms with E-state index in [1.807, 2.05) is 57.2 Å². The Kier molecular flexibility index (Phi) is 8.24. The fraction of sp³-hybridized carbons (Fsp3) is 0.200. The minimum absolute atomic E-state index is 0.0442. The van der Waals surface area contributed by atoms with Crippen molar-refractivity contribution in [2.24, 2.45) is 0 Å². The number of hydrogen-bond acceptors (Lipinski definition) is 3. The summed E-state index contributed by atoms with van der Waals surface area (Å²) in [6.07, 6.45) is 0.665. The first-order valence-corrected chi connectivity index (χ1v) is 11.8. The van der Waals surface area contributed by atoms with E-state index in [1.165, 1.54) is 17.8 Å². The lowest BCUT2D eigenvalue weighted by Crippen LogP contribution is -2.25. The molecule has 2 N–H and O–H groups in total. The van der Waals surface area contributed by atoms with Gasteiger partial charge in [0.25, 0.3) is 5.91 Å². The SMILES string of the molecule is CCC(Sc1cccc(NC(=O)c2ccc(Cl)cc2Cl)c1)C(=O)Nc1c(C)cccc1C. The molecule has 166 valence electrons. The fourth-order valence-corrected chi connectivity index (χ4v) is 4.73. The molecule has 1 atom stereocenters. The summed E-state index contributed by atoms with van der Waals surface area (Å²) in [5.41, 5.74) is 3.88. The molecule has 32 heavy (non-hydrogen) atoms. The summed E-state index contributed by atoms with van der Waals surface area (Å²) >= 11 is 13.5. The van der Waals surface area contributed by atoms with Crippen molar-refractivity contribution in [3.05, 3.63) is 87.4 Å². The fourth-order valence-electron chi connectivity index (χ4n) is 3.22. The third-order valence-electron chi connectivity index (χ3n) is 4.94. The van der Waals surface area contributed by atoms with Gasteiger partial charge in [-0.1, -0.05) is 54.4 Å². The van der Waals surface area contributed by atoms with Crippen LogP contribution >= 0.6 is 35.0 Å². The molecule has 0 saturated heterocycles. The van der Waals surface area contributed by atoms with E-state index in [4.69, 9.17) is 23.2 Å². The molecule has 3 aromatic rings. The van der Waals surface area contributed by atoms with Gasteiger partial charge in [-0.05, 0) is 67.8 Å². The first kappa shape index (κ1) is 24.2. The molecular formula is C25H24Cl2N2O2S. The number of anilines is 2. The molecule has 0 radical (unpaired) electrons. The average Bonchev–Trinajstić information content (AvgIpc) is 2.74. The van der Waals surface area contributed by atoms with Crippen LogP contribution in [0.5, 0.6) is 0 Å². The van der Waals surface area contributed by atoms with Crippen molar-refractivity contribution in [1.82, 2.24) is 0 Å². The van der Waals surface area contributed by atoms with Crippen molar-refractivity contribution in [3.8, 4) is 0 Å². The van der Waals surface area contributed by atoms with Crippen LogP contribution in [-0.2, 0) is 4.79 Å². The second-order valence-corrected chi connectivity index (χ2v) is 9.50. The number of aryl methyl sites for hydroxylation is 2. The normalized spacial score (nSPS) is 11.7. The Hall–Kier alpha value is -2.47. The molecule has 4 nitrogen and oxygen atoms in total. The topological polar surface area (TPSA) is 58.2 Å². The predicted molar refractivity (Wildman–Crippen MR) is 135 cm³/mol. The van der Waals surface area contributed by atoms with Gasteiger partial charge in [0.15, 0.2) is 0 Å². The number of carbonyl (C=O) groups is 2. The molecule has 0 fully saturated rings. The molecule has 0 bridgehead atoms. The molecule has 0 saturated carbocycles. The lowest BCUT2D eigenvalue weighted by Gasteiger charge is -2.18. The van der Waals surface area contributed by atoms with Gasteiger partial charge in [-0.15, -0.1) is 11.8 Å². The molecule has 0 spiro atoms. The number of amides is 2. The summed E-state index contributed by atoms with van der Waals surface area (Å²) in [6.45, 7) is 5.95. The van der Waals surface area contributed by atoms with Gasteiger partial charge in [0.1, 0.15) is 0 Å². The molecule has 7 heteroatoms. The third kappa shape index (κ3) is 6.06. The van der Waals surface area contributed by atoms with Crippen LogP contribution in [0.3, 0.4) is 0 Å². The number of para-hydroxylation sites is 1. The molecule has 1 unspecified atom stereocenters.